The van der Waals surface area contributed by atoms with Gasteiger partial charge in [-0.15, -0.1) is 11.3 Å². The normalized spacial score (nSPS) is 15.7. The molecule has 0 atom stereocenters. The monoisotopic (exact) mass is 517 g/mol. The number of benzene rings is 1. The van der Waals surface area contributed by atoms with Crippen LogP contribution in [-0.4, -0.2) is 65.0 Å². The minimum absolute atomic E-state index is 0.212. The lowest BCUT2D eigenvalue weighted by atomic mass is 10.3. The quantitative estimate of drug-likeness (QED) is 0.372. The second-order valence-corrected chi connectivity index (χ2v) is 11.6. The molecule has 1 fully saturated rings. The van der Waals surface area contributed by atoms with Gasteiger partial charge in [-0.1, -0.05) is 17.4 Å². The van der Waals surface area contributed by atoms with Crippen LogP contribution in [0, 0.1) is 0 Å². The number of fused-ring (bicyclic) bond motifs is 1. The van der Waals surface area contributed by atoms with E-state index in [1.165, 1.54) is 26.2 Å². The molecule has 0 aliphatic carbocycles. The van der Waals surface area contributed by atoms with Crippen LogP contribution in [0.1, 0.15) is 12.6 Å². The Morgan fingerprint density at radius 2 is 1.85 bits per heavy atom. The lowest BCUT2D eigenvalue weighted by Gasteiger charge is -2.33. The molecule has 1 aliphatic rings. The molecule has 4 heterocycles. The molecule has 0 N–H and O–H groups in total. The molecule has 0 amide bonds. The van der Waals surface area contributed by atoms with Gasteiger partial charge in [0.25, 0.3) is 5.56 Å². The van der Waals surface area contributed by atoms with E-state index in [0.29, 0.717) is 55.7 Å². The molecule has 0 unspecified atom stereocenters. The first kappa shape index (κ1) is 23.1. The average Bonchev–Trinajstić information content (AvgIpc) is 3.50. The fraction of sp³-hybridized carbons (Fsp3) is 0.318. The van der Waals surface area contributed by atoms with Gasteiger partial charge < -0.3 is 4.74 Å². The molecule has 34 heavy (non-hydrogen) atoms. The number of sulfonamides is 1. The maximum absolute atomic E-state index is 13.0. The summed E-state index contributed by atoms with van der Waals surface area (Å²) in [5, 5.41) is 7.14. The van der Waals surface area contributed by atoms with Crippen LogP contribution in [0.4, 0.5) is 0 Å². The number of rotatable bonds is 7. The fourth-order valence-electron chi connectivity index (χ4n) is 3.82. The molecule has 4 aromatic rings. The third-order valence-electron chi connectivity index (χ3n) is 5.52. The zero-order valence-electron chi connectivity index (χ0n) is 18.5. The van der Waals surface area contributed by atoms with E-state index in [1.54, 1.807) is 35.6 Å². The predicted octanol–water partition coefficient (Wildman–Crippen LogP) is 2.78. The van der Waals surface area contributed by atoms with E-state index in [4.69, 9.17) is 4.74 Å². The molecule has 5 rings (SSSR count). The van der Waals surface area contributed by atoms with Gasteiger partial charge in [-0.2, -0.15) is 13.9 Å². The van der Waals surface area contributed by atoms with Gasteiger partial charge in [-0.3, -0.25) is 9.69 Å². The Morgan fingerprint density at radius 1 is 1.09 bits per heavy atom. The SMILES string of the molecule is CCOc1ccc(S(=O)(=O)N2CCN(Cc3cc(=O)n4nc(-c5cccs5)sc4n3)CC2)cc1. The van der Waals surface area contributed by atoms with Crippen LogP contribution in [0.2, 0.25) is 0 Å². The number of piperazine rings is 1. The van der Waals surface area contributed by atoms with Crippen LogP contribution >= 0.6 is 22.7 Å². The van der Waals surface area contributed by atoms with Crippen molar-refractivity contribution in [2.24, 2.45) is 0 Å². The van der Waals surface area contributed by atoms with E-state index >= 15 is 0 Å². The third-order valence-corrected chi connectivity index (χ3v) is 9.38. The number of ether oxygens (including phenoxy) is 1. The van der Waals surface area contributed by atoms with E-state index in [9.17, 15) is 13.2 Å². The topological polar surface area (TPSA) is 97.1 Å². The maximum Gasteiger partial charge on any atom is 0.275 e. The van der Waals surface area contributed by atoms with Gasteiger partial charge in [0.2, 0.25) is 15.0 Å². The first-order valence-electron chi connectivity index (χ1n) is 10.8. The highest BCUT2D eigenvalue weighted by Gasteiger charge is 2.28. The summed E-state index contributed by atoms with van der Waals surface area (Å²) in [5.74, 6) is 0.648. The van der Waals surface area contributed by atoms with E-state index in [2.05, 4.69) is 15.0 Å². The summed E-state index contributed by atoms with van der Waals surface area (Å²) in [4.78, 5) is 21.2. The van der Waals surface area contributed by atoms with E-state index in [0.717, 1.165) is 9.88 Å². The molecule has 1 aliphatic heterocycles. The van der Waals surface area contributed by atoms with E-state index in [-0.39, 0.29) is 10.5 Å². The minimum Gasteiger partial charge on any atom is -0.494 e. The zero-order valence-corrected chi connectivity index (χ0v) is 20.9. The van der Waals surface area contributed by atoms with Crippen LogP contribution in [0.5, 0.6) is 5.75 Å². The van der Waals surface area contributed by atoms with Gasteiger partial charge in [0.15, 0.2) is 5.01 Å². The molecule has 0 spiro atoms. The summed E-state index contributed by atoms with van der Waals surface area (Å²) < 4.78 is 34.3. The van der Waals surface area contributed by atoms with Crippen molar-refractivity contribution in [3.05, 3.63) is 63.9 Å². The van der Waals surface area contributed by atoms with Gasteiger partial charge in [-0.25, -0.2) is 13.4 Å². The first-order chi connectivity index (χ1) is 16.4. The first-order valence-corrected chi connectivity index (χ1v) is 14.0. The largest absolute Gasteiger partial charge is 0.494 e. The molecule has 0 radical (unpaired) electrons. The summed E-state index contributed by atoms with van der Waals surface area (Å²) in [5.41, 5.74) is 0.449. The van der Waals surface area contributed by atoms with Crippen molar-refractivity contribution in [2.45, 2.75) is 18.4 Å². The van der Waals surface area contributed by atoms with Crippen molar-refractivity contribution in [2.75, 3.05) is 32.8 Å². The molecular formula is C22H23N5O4S3. The van der Waals surface area contributed by atoms with E-state index < -0.39 is 10.0 Å². The lowest BCUT2D eigenvalue weighted by Crippen LogP contribution is -2.48. The molecule has 0 bridgehead atoms. The number of hydrogen-bond acceptors (Lipinski definition) is 9. The Hall–Kier alpha value is -2.64. The molecule has 9 nitrogen and oxygen atoms in total. The Balaban J connectivity index is 1.26. The van der Waals surface area contributed by atoms with Gasteiger partial charge in [0.05, 0.1) is 22.1 Å². The Morgan fingerprint density at radius 3 is 2.53 bits per heavy atom. The summed E-state index contributed by atoms with van der Waals surface area (Å²) in [6.07, 6.45) is 0. The lowest BCUT2D eigenvalue weighted by molar-refractivity contribution is 0.180. The molecule has 1 aromatic carbocycles. The van der Waals surface area contributed by atoms with Crippen LogP contribution in [0.15, 0.2) is 57.5 Å². The second kappa shape index (κ2) is 9.55. The third kappa shape index (κ3) is 4.64. The van der Waals surface area contributed by atoms with Crippen molar-refractivity contribution in [3.63, 3.8) is 0 Å². The molecular weight excluding hydrogens is 494 g/mol. The number of hydrogen-bond donors (Lipinski definition) is 0. The van der Waals surface area contributed by atoms with Crippen molar-refractivity contribution >= 4 is 37.7 Å². The maximum atomic E-state index is 13.0. The predicted molar refractivity (Wildman–Crippen MR) is 132 cm³/mol. The molecule has 3 aromatic heterocycles. The van der Waals surface area contributed by atoms with Crippen LogP contribution in [0.3, 0.4) is 0 Å². The average molecular weight is 518 g/mol. The van der Waals surface area contributed by atoms with Crippen molar-refractivity contribution in [1.29, 1.82) is 0 Å². The number of nitrogens with zero attached hydrogens (tertiary/aromatic N) is 5. The highest BCUT2D eigenvalue weighted by atomic mass is 32.2. The summed E-state index contributed by atoms with van der Waals surface area (Å²) >= 11 is 2.96. The zero-order chi connectivity index (χ0) is 23.7. The Labute approximate surface area is 204 Å². The van der Waals surface area contributed by atoms with Crippen LogP contribution < -0.4 is 10.3 Å². The Bertz CT molecular complexity index is 1440. The molecule has 1 saturated heterocycles. The second-order valence-electron chi connectivity index (χ2n) is 7.75. The minimum atomic E-state index is -3.57. The van der Waals surface area contributed by atoms with Crippen molar-refractivity contribution < 1.29 is 13.2 Å². The van der Waals surface area contributed by atoms with E-state index in [1.807, 2.05) is 24.4 Å². The van der Waals surface area contributed by atoms with Crippen molar-refractivity contribution in [3.8, 4) is 15.6 Å². The summed E-state index contributed by atoms with van der Waals surface area (Å²) in [7, 11) is -3.57. The summed E-state index contributed by atoms with van der Waals surface area (Å²) in [6, 6.07) is 11.9. The van der Waals surface area contributed by atoms with Gasteiger partial charge in [0.1, 0.15) is 5.75 Å². The standard InChI is InChI=1S/C22H23N5O4S3/c1-2-31-17-5-7-18(8-6-17)34(29,30)26-11-9-25(10-12-26)15-16-14-20(28)27-22(23-16)33-21(24-27)19-4-3-13-32-19/h3-8,13-14H,2,9-12,15H2,1H3. The van der Waals surface area contributed by atoms with Crippen LogP contribution in [0.25, 0.3) is 14.8 Å². The fourth-order valence-corrected chi connectivity index (χ4v) is 6.96. The van der Waals surface area contributed by atoms with Crippen molar-refractivity contribution in [1.82, 2.24) is 23.8 Å². The highest BCUT2D eigenvalue weighted by Crippen LogP contribution is 2.28. The Kier molecular flexibility index (Phi) is 6.49. The molecule has 178 valence electrons. The molecule has 0 saturated carbocycles. The van der Waals surface area contributed by atoms with Gasteiger partial charge >= 0.3 is 0 Å². The highest BCUT2D eigenvalue weighted by molar-refractivity contribution is 7.89. The molecule has 12 heteroatoms. The van der Waals surface area contributed by atoms with Gasteiger partial charge in [0, 0.05) is 38.8 Å². The number of thiophene rings is 1. The number of aromatic nitrogens is 3. The summed E-state index contributed by atoms with van der Waals surface area (Å²) in [6.45, 7) is 4.75. The van der Waals surface area contributed by atoms with Crippen LogP contribution in [-0.2, 0) is 16.6 Å². The van der Waals surface area contributed by atoms with Gasteiger partial charge in [-0.05, 0) is 42.6 Å². The smallest absolute Gasteiger partial charge is 0.275 e.